The van der Waals surface area contributed by atoms with Gasteiger partial charge in [0.05, 0.1) is 17.7 Å². The first-order valence-electron chi connectivity index (χ1n) is 7.52. The zero-order valence-corrected chi connectivity index (χ0v) is 13.4. The standard InChI is InChI=1S/C17H19N3O3/c1-10-13(11(2)20(3)19-10)8-16(21)18-14-9-23-15-7-5-4-6-12(15)17(14)22/h4-7,14H,8-9H2,1-3H3,(H,18,21)/t14-/m0/s1. The van der Waals surface area contributed by atoms with Crippen LogP contribution >= 0.6 is 0 Å². The van der Waals surface area contributed by atoms with Crippen LogP contribution in [0.5, 0.6) is 5.75 Å². The second-order valence-corrected chi connectivity index (χ2v) is 5.74. The average molecular weight is 313 g/mol. The summed E-state index contributed by atoms with van der Waals surface area (Å²) in [7, 11) is 1.85. The molecule has 1 aliphatic rings. The summed E-state index contributed by atoms with van der Waals surface area (Å²) in [6.07, 6.45) is 0.205. The van der Waals surface area contributed by atoms with Gasteiger partial charge in [-0.3, -0.25) is 14.3 Å². The van der Waals surface area contributed by atoms with Gasteiger partial charge < -0.3 is 10.1 Å². The molecule has 0 bridgehead atoms. The quantitative estimate of drug-likeness (QED) is 0.928. The molecule has 120 valence electrons. The monoisotopic (exact) mass is 313 g/mol. The summed E-state index contributed by atoms with van der Waals surface area (Å²) in [5, 5.41) is 7.07. The van der Waals surface area contributed by atoms with Gasteiger partial charge in [0.15, 0.2) is 5.78 Å². The molecule has 6 nitrogen and oxygen atoms in total. The highest BCUT2D eigenvalue weighted by Crippen LogP contribution is 2.24. The summed E-state index contributed by atoms with van der Waals surface area (Å²) in [6.45, 7) is 3.96. The molecule has 1 aromatic heterocycles. The number of Topliss-reactive ketones (excluding diaryl/α,β-unsaturated/α-hetero) is 1. The number of aromatic nitrogens is 2. The molecule has 0 fully saturated rings. The Balaban J connectivity index is 1.71. The van der Waals surface area contributed by atoms with E-state index in [2.05, 4.69) is 10.4 Å². The van der Waals surface area contributed by atoms with E-state index in [1.54, 1.807) is 22.9 Å². The number of benzene rings is 1. The fourth-order valence-electron chi connectivity index (χ4n) is 2.82. The summed E-state index contributed by atoms with van der Waals surface area (Å²) in [6, 6.07) is 6.43. The van der Waals surface area contributed by atoms with Crippen LogP contribution in [-0.4, -0.2) is 34.1 Å². The van der Waals surface area contributed by atoms with Crippen molar-refractivity contribution in [3.63, 3.8) is 0 Å². The molecule has 1 atom stereocenters. The maximum absolute atomic E-state index is 12.4. The smallest absolute Gasteiger partial charge is 0.225 e. The third-order valence-electron chi connectivity index (χ3n) is 4.21. The minimum atomic E-state index is -0.644. The fraction of sp³-hybridized carbons (Fsp3) is 0.353. The molecule has 6 heteroatoms. The Hall–Kier alpha value is -2.63. The van der Waals surface area contributed by atoms with Crippen LogP contribution in [0.1, 0.15) is 27.3 Å². The SMILES string of the molecule is Cc1nn(C)c(C)c1CC(=O)N[C@H]1COc2ccccc2C1=O. The van der Waals surface area contributed by atoms with E-state index in [-0.39, 0.29) is 24.7 Å². The summed E-state index contributed by atoms with van der Waals surface area (Å²) >= 11 is 0. The third kappa shape index (κ3) is 2.84. The van der Waals surface area contributed by atoms with Gasteiger partial charge in [0.25, 0.3) is 0 Å². The van der Waals surface area contributed by atoms with Crippen molar-refractivity contribution >= 4 is 11.7 Å². The molecule has 0 unspecified atom stereocenters. The number of carbonyl (C=O) groups excluding carboxylic acids is 2. The van der Waals surface area contributed by atoms with Crippen molar-refractivity contribution in [2.75, 3.05) is 6.61 Å². The van der Waals surface area contributed by atoms with E-state index in [4.69, 9.17) is 4.74 Å². The Kier molecular flexibility index (Phi) is 3.90. The first-order chi connectivity index (χ1) is 11.0. The first-order valence-corrected chi connectivity index (χ1v) is 7.52. The van der Waals surface area contributed by atoms with Gasteiger partial charge in [0.2, 0.25) is 5.91 Å². The van der Waals surface area contributed by atoms with Crippen LogP contribution in [0.4, 0.5) is 0 Å². The average Bonchev–Trinajstić information content (AvgIpc) is 2.77. The minimum Gasteiger partial charge on any atom is -0.490 e. The van der Waals surface area contributed by atoms with Gasteiger partial charge >= 0.3 is 0 Å². The number of aryl methyl sites for hydroxylation is 2. The molecule has 0 saturated carbocycles. The predicted octanol–water partition coefficient (Wildman–Crippen LogP) is 1.34. The number of ketones is 1. The Bertz CT molecular complexity index is 779. The molecule has 0 radical (unpaired) electrons. The van der Waals surface area contributed by atoms with E-state index in [9.17, 15) is 9.59 Å². The van der Waals surface area contributed by atoms with E-state index in [1.807, 2.05) is 27.0 Å². The molecule has 0 saturated heterocycles. The number of fused-ring (bicyclic) bond motifs is 1. The number of rotatable bonds is 3. The van der Waals surface area contributed by atoms with Crippen molar-refractivity contribution in [2.24, 2.45) is 7.05 Å². The van der Waals surface area contributed by atoms with Crippen LogP contribution in [-0.2, 0) is 18.3 Å². The first kappa shape index (κ1) is 15.3. The molecular weight excluding hydrogens is 294 g/mol. The Morgan fingerprint density at radius 2 is 2.13 bits per heavy atom. The van der Waals surface area contributed by atoms with Crippen LogP contribution in [0, 0.1) is 13.8 Å². The van der Waals surface area contributed by atoms with E-state index in [0.717, 1.165) is 17.0 Å². The molecule has 2 heterocycles. The molecule has 0 spiro atoms. The highest BCUT2D eigenvalue weighted by molar-refractivity contribution is 6.05. The van der Waals surface area contributed by atoms with Gasteiger partial charge in [-0.15, -0.1) is 0 Å². The maximum atomic E-state index is 12.4. The zero-order valence-electron chi connectivity index (χ0n) is 13.4. The van der Waals surface area contributed by atoms with E-state index in [0.29, 0.717) is 11.3 Å². The Labute approximate surface area is 134 Å². The largest absolute Gasteiger partial charge is 0.490 e. The molecule has 1 aromatic carbocycles. The van der Waals surface area contributed by atoms with Crippen molar-refractivity contribution in [3.05, 3.63) is 46.8 Å². The maximum Gasteiger partial charge on any atom is 0.225 e. The van der Waals surface area contributed by atoms with Gasteiger partial charge in [-0.1, -0.05) is 12.1 Å². The van der Waals surface area contributed by atoms with Crippen LogP contribution in [0.15, 0.2) is 24.3 Å². The fourth-order valence-corrected chi connectivity index (χ4v) is 2.82. The minimum absolute atomic E-state index is 0.111. The topological polar surface area (TPSA) is 73.2 Å². The number of ether oxygens (including phenoxy) is 1. The number of hydrogen-bond donors (Lipinski definition) is 1. The molecule has 2 aromatic rings. The second kappa shape index (κ2) is 5.87. The number of carbonyl (C=O) groups is 2. The van der Waals surface area contributed by atoms with Gasteiger partial charge in [-0.25, -0.2) is 0 Å². The van der Waals surface area contributed by atoms with Gasteiger partial charge in [-0.05, 0) is 26.0 Å². The number of nitrogens with one attached hydrogen (secondary N) is 1. The lowest BCUT2D eigenvalue weighted by Gasteiger charge is -2.24. The summed E-state index contributed by atoms with van der Waals surface area (Å²) in [5.41, 5.74) is 3.19. The molecule has 1 aliphatic heterocycles. The van der Waals surface area contributed by atoms with Gasteiger partial charge in [-0.2, -0.15) is 5.10 Å². The predicted molar refractivity (Wildman–Crippen MR) is 84.6 cm³/mol. The molecule has 1 N–H and O–H groups in total. The highest BCUT2D eigenvalue weighted by Gasteiger charge is 2.30. The van der Waals surface area contributed by atoms with Crippen molar-refractivity contribution in [3.8, 4) is 5.75 Å². The lowest BCUT2D eigenvalue weighted by molar-refractivity contribution is -0.121. The summed E-state index contributed by atoms with van der Waals surface area (Å²) < 4.78 is 7.31. The summed E-state index contributed by atoms with van der Waals surface area (Å²) in [4.78, 5) is 24.7. The summed E-state index contributed by atoms with van der Waals surface area (Å²) in [5.74, 6) is 0.257. The van der Waals surface area contributed by atoms with Crippen LogP contribution in [0.2, 0.25) is 0 Å². The highest BCUT2D eigenvalue weighted by atomic mass is 16.5. The normalized spacial score (nSPS) is 16.7. The number of para-hydroxylation sites is 1. The number of nitrogens with zero attached hydrogens (tertiary/aromatic N) is 2. The van der Waals surface area contributed by atoms with E-state index >= 15 is 0 Å². The second-order valence-electron chi connectivity index (χ2n) is 5.74. The number of amides is 1. The number of hydrogen-bond acceptors (Lipinski definition) is 4. The van der Waals surface area contributed by atoms with Crippen molar-refractivity contribution in [1.82, 2.24) is 15.1 Å². The van der Waals surface area contributed by atoms with E-state index in [1.165, 1.54) is 0 Å². The van der Waals surface area contributed by atoms with Crippen LogP contribution in [0.3, 0.4) is 0 Å². The Morgan fingerprint density at radius 1 is 1.39 bits per heavy atom. The lowest BCUT2D eigenvalue weighted by Crippen LogP contribution is -2.47. The molecule has 3 rings (SSSR count). The van der Waals surface area contributed by atoms with Gasteiger partial charge in [0, 0.05) is 18.3 Å². The van der Waals surface area contributed by atoms with Crippen molar-refractivity contribution in [2.45, 2.75) is 26.3 Å². The van der Waals surface area contributed by atoms with Crippen molar-refractivity contribution in [1.29, 1.82) is 0 Å². The van der Waals surface area contributed by atoms with Gasteiger partial charge in [0.1, 0.15) is 18.4 Å². The lowest BCUT2D eigenvalue weighted by atomic mass is 10.0. The van der Waals surface area contributed by atoms with E-state index < -0.39 is 6.04 Å². The molecule has 0 aliphatic carbocycles. The third-order valence-corrected chi connectivity index (χ3v) is 4.21. The van der Waals surface area contributed by atoms with Crippen LogP contribution < -0.4 is 10.1 Å². The van der Waals surface area contributed by atoms with Crippen molar-refractivity contribution < 1.29 is 14.3 Å². The molecule has 1 amide bonds. The zero-order chi connectivity index (χ0) is 16.6. The molecule has 23 heavy (non-hydrogen) atoms. The van der Waals surface area contributed by atoms with Crippen LogP contribution in [0.25, 0.3) is 0 Å². The molecular formula is C17H19N3O3. The Morgan fingerprint density at radius 3 is 2.83 bits per heavy atom.